The van der Waals surface area contributed by atoms with Crippen molar-refractivity contribution >= 4 is 28.9 Å². The lowest BCUT2D eigenvalue weighted by molar-refractivity contribution is -0.147. The number of carbonyl (C=O) groups excluding carboxylic acids is 2. The van der Waals surface area contributed by atoms with Crippen LogP contribution in [0.5, 0.6) is 0 Å². The smallest absolute Gasteiger partial charge is 0.312 e. The van der Waals surface area contributed by atoms with E-state index in [1.807, 2.05) is 29.6 Å². The normalized spacial score (nSPS) is 10.3. The SMILES string of the molecule is Cc1oc(-c2cccs2)nc1CC(=O)OCC(=O)N(CCC#N)c1ccccc1. The zero-order valence-corrected chi connectivity index (χ0v) is 16.6. The predicted molar refractivity (Wildman–Crippen MR) is 108 cm³/mol. The third-order valence-corrected chi connectivity index (χ3v) is 4.97. The minimum atomic E-state index is -0.569. The van der Waals surface area contributed by atoms with Crippen molar-refractivity contribution < 1.29 is 18.7 Å². The largest absolute Gasteiger partial charge is 0.455 e. The maximum atomic E-state index is 12.5. The van der Waals surface area contributed by atoms with Gasteiger partial charge in [-0.25, -0.2) is 4.98 Å². The van der Waals surface area contributed by atoms with Gasteiger partial charge >= 0.3 is 5.97 Å². The summed E-state index contributed by atoms with van der Waals surface area (Å²) < 4.78 is 10.8. The van der Waals surface area contributed by atoms with Crippen LogP contribution in [-0.2, 0) is 20.7 Å². The zero-order valence-electron chi connectivity index (χ0n) is 15.8. The molecule has 0 fully saturated rings. The average molecular weight is 409 g/mol. The Labute approximate surface area is 172 Å². The van der Waals surface area contributed by atoms with Crippen LogP contribution in [0.3, 0.4) is 0 Å². The molecule has 148 valence electrons. The Morgan fingerprint density at radius 3 is 2.72 bits per heavy atom. The highest BCUT2D eigenvalue weighted by Crippen LogP contribution is 2.26. The molecule has 0 saturated carbocycles. The van der Waals surface area contributed by atoms with Gasteiger partial charge in [0.05, 0.1) is 29.5 Å². The molecule has 0 unspecified atom stereocenters. The lowest BCUT2D eigenvalue weighted by Crippen LogP contribution is -2.35. The van der Waals surface area contributed by atoms with Crippen LogP contribution in [0.15, 0.2) is 52.3 Å². The molecule has 0 atom stereocenters. The van der Waals surface area contributed by atoms with E-state index < -0.39 is 18.5 Å². The minimum Gasteiger partial charge on any atom is -0.455 e. The molecule has 0 N–H and O–H groups in total. The number of amides is 1. The van der Waals surface area contributed by atoms with Crippen LogP contribution in [0, 0.1) is 18.3 Å². The number of aromatic nitrogens is 1. The van der Waals surface area contributed by atoms with Crippen LogP contribution in [0.4, 0.5) is 5.69 Å². The molecule has 0 spiro atoms. The number of ether oxygens (including phenoxy) is 1. The van der Waals surface area contributed by atoms with Crippen molar-refractivity contribution in [2.75, 3.05) is 18.1 Å². The van der Waals surface area contributed by atoms with Gasteiger partial charge in [-0.15, -0.1) is 11.3 Å². The Balaban J connectivity index is 1.59. The Bertz CT molecular complexity index is 1010. The topological polar surface area (TPSA) is 96.4 Å². The van der Waals surface area contributed by atoms with Gasteiger partial charge in [0.2, 0.25) is 5.89 Å². The third kappa shape index (κ3) is 5.30. The van der Waals surface area contributed by atoms with Gasteiger partial charge in [0.15, 0.2) is 6.61 Å². The molecule has 0 aliphatic rings. The van der Waals surface area contributed by atoms with Crippen molar-refractivity contribution in [1.29, 1.82) is 5.26 Å². The fourth-order valence-electron chi connectivity index (χ4n) is 2.67. The van der Waals surface area contributed by atoms with E-state index in [1.165, 1.54) is 16.2 Å². The van der Waals surface area contributed by atoms with Crippen LogP contribution in [0.2, 0.25) is 0 Å². The van der Waals surface area contributed by atoms with E-state index >= 15 is 0 Å². The Kier molecular flexibility index (Phi) is 6.76. The Morgan fingerprint density at radius 2 is 2.03 bits per heavy atom. The molecule has 0 saturated heterocycles. The van der Waals surface area contributed by atoms with Crippen LogP contribution >= 0.6 is 11.3 Å². The Morgan fingerprint density at radius 1 is 1.24 bits per heavy atom. The number of oxazole rings is 1. The highest BCUT2D eigenvalue weighted by Gasteiger charge is 2.20. The first-order valence-electron chi connectivity index (χ1n) is 8.96. The number of thiophene rings is 1. The van der Waals surface area contributed by atoms with E-state index in [9.17, 15) is 9.59 Å². The number of hydrogen-bond acceptors (Lipinski definition) is 7. The summed E-state index contributed by atoms with van der Waals surface area (Å²) >= 11 is 1.49. The summed E-state index contributed by atoms with van der Waals surface area (Å²) in [5, 5.41) is 10.8. The quantitative estimate of drug-likeness (QED) is 0.526. The van der Waals surface area contributed by atoms with Crippen LogP contribution in [-0.4, -0.2) is 30.0 Å². The number of aryl methyl sites for hydroxylation is 1. The van der Waals surface area contributed by atoms with E-state index in [-0.39, 0.29) is 19.4 Å². The first kappa shape index (κ1) is 20.3. The van der Waals surface area contributed by atoms with Gasteiger partial charge < -0.3 is 14.1 Å². The number of nitrogens with zero attached hydrogens (tertiary/aromatic N) is 3. The van der Waals surface area contributed by atoms with Gasteiger partial charge in [-0.2, -0.15) is 5.26 Å². The number of carbonyl (C=O) groups is 2. The second-order valence-corrected chi connectivity index (χ2v) is 7.07. The fourth-order valence-corrected chi connectivity index (χ4v) is 3.32. The molecule has 0 radical (unpaired) electrons. The molecule has 7 nitrogen and oxygen atoms in total. The lowest BCUT2D eigenvalue weighted by Gasteiger charge is -2.21. The maximum absolute atomic E-state index is 12.5. The van der Waals surface area contributed by atoms with Crippen molar-refractivity contribution in [3.63, 3.8) is 0 Å². The first-order valence-corrected chi connectivity index (χ1v) is 9.84. The molecule has 0 aliphatic heterocycles. The molecular weight excluding hydrogens is 390 g/mol. The van der Waals surface area contributed by atoms with Gasteiger partial charge in [0, 0.05) is 12.2 Å². The summed E-state index contributed by atoms with van der Waals surface area (Å²) in [5.41, 5.74) is 1.13. The van der Waals surface area contributed by atoms with Crippen molar-refractivity contribution in [3.05, 3.63) is 59.3 Å². The molecule has 2 heterocycles. The second kappa shape index (κ2) is 9.66. The number of para-hydroxylation sites is 1. The van der Waals surface area contributed by atoms with E-state index in [1.54, 1.807) is 31.2 Å². The first-order chi connectivity index (χ1) is 14.1. The summed E-state index contributed by atoms with van der Waals surface area (Å²) in [4.78, 5) is 31.4. The van der Waals surface area contributed by atoms with Crippen molar-refractivity contribution in [1.82, 2.24) is 4.98 Å². The summed E-state index contributed by atoms with van der Waals surface area (Å²) in [6.07, 6.45) is 0.0930. The maximum Gasteiger partial charge on any atom is 0.312 e. The number of esters is 1. The summed E-state index contributed by atoms with van der Waals surface area (Å²) in [5.74, 6) is 0.0384. The highest BCUT2D eigenvalue weighted by atomic mass is 32.1. The molecular formula is C21H19N3O4S. The van der Waals surface area contributed by atoms with Crippen molar-refractivity contribution in [2.45, 2.75) is 19.8 Å². The van der Waals surface area contributed by atoms with Gasteiger partial charge in [0.25, 0.3) is 5.91 Å². The highest BCUT2D eigenvalue weighted by molar-refractivity contribution is 7.13. The summed E-state index contributed by atoms with van der Waals surface area (Å²) in [7, 11) is 0. The van der Waals surface area contributed by atoms with Crippen LogP contribution in [0.1, 0.15) is 17.9 Å². The lowest BCUT2D eigenvalue weighted by atomic mass is 10.2. The van der Waals surface area contributed by atoms with Crippen LogP contribution < -0.4 is 4.90 Å². The van der Waals surface area contributed by atoms with E-state index in [0.29, 0.717) is 23.0 Å². The number of benzene rings is 1. The van der Waals surface area contributed by atoms with Gasteiger partial charge in [0.1, 0.15) is 5.76 Å². The van der Waals surface area contributed by atoms with Gasteiger partial charge in [-0.1, -0.05) is 24.3 Å². The van der Waals surface area contributed by atoms with E-state index in [4.69, 9.17) is 14.4 Å². The minimum absolute atomic E-state index is 0.0858. The van der Waals surface area contributed by atoms with Crippen molar-refractivity contribution in [2.24, 2.45) is 0 Å². The second-order valence-electron chi connectivity index (χ2n) is 6.13. The molecule has 0 aliphatic carbocycles. The summed E-state index contributed by atoms with van der Waals surface area (Å²) in [6, 6.07) is 14.8. The zero-order chi connectivity index (χ0) is 20.6. The molecule has 1 amide bonds. The molecule has 0 bridgehead atoms. The molecule has 2 aromatic heterocycles. The van der Waals surface area contributed by atoms with Crippen LogP contribution in [0.25, 0.3) is 10.8 Å². The predicted octanol–water partition coefficient (Wildman–Crippen LogP) is 3.74. The number of hydrogen-bond donors (Lipinski definition) is 0. The van der Waals surface area contributed by atoms with E-state index in [0.717, 1.165) is 4.88 Å². The monoisotopic (exact) mass is 409 g/mol. The molecule has 8 heteroatoms. The number of nitriles is 1. The van der Waals surface area contributed by atoms with Gasteiger partial charge in [-0.3, -0.25) is 9.59 Å². The molecule has 1 aromatic carbocycles. The van der Waals surface area contributed by atoms with Gasteiger partial charge in [-0.05, 0) is 30.5 Å². The molecule has 3 aromatic rings. The number of anilines is 1. The van der Waals surface area contributed by atoms with E-state index in [2.05, 4.69) is 4.98 Å². The fraction of sp³-hybridized carbons (Fsp3) is 0.238. The van der Waals surface area contributed by atoms with Crippen molar-refractivity contribution in [3.8, 4) is 16.8 Å². The number of rotatable bonds is 8. The average Bonchev–Trinajstić information content (AvgIpc) is 3.38. The third-order valence-electron chi connectivity index (χ3n) is 4.11. The standard InChI is InChI=1S/C21H19N3O4S/c1-15-17(23-21(28-15)18-9-5-12-29-18)13-20(26)27-14-19(25)24(11-6-10-22)16-7-3-2-4-8-16/h2-5,7-9,12H,6,11,13-14H2,1H3. The molecule has 29 heavy (non-hydrogen) atoms. The molecule has 3 rings (SSSR count). The Hall–Kier alpha value is -3.44. The summed E-state index contributed by atoms with van der Waals surface area (Å²) in [6.45, 7) is 1.55.